The van der Waals surface area contributed by atoms with Crippen molar-refractivity contribution >= 4 is 17.5 Å². The Labute approximate surface area is 127 Å². The molecule has 0 saturated carbocycles. The molecule has 0 saturated heterocycles. The summed E-state index contributed by atoms with van der Waals surface area (Å²) in [6, 6.07) is 3.07. The molecule has 0 aromatic heterocycles. The van der Waals surface area contributed by atoms with Gasteiger partial charge in [0.05, 0.1) is 13.2 Å². The van der Waals surface area contributed by atoms with Gasteiger partial charge in [0.15, 0.2) is 5.92 Å². The molecule has 120 valence electrons. The van der Waals surface area contributed by atoms with Gasteiger partial charge in [-0.25, -0.2) is 8.78 Å². The monoisotopic (exact) mass is 312 g/mol. The molecule has 6 heteroatoms. The lowest BCUT2D eigenvalue weighted by molar-refractivity contribution is -0.158. The zero-order valence-corrected chi connectivity index (χ0v) is 12.7. The van der Waals surface area contributed by atoms with Crippen molar-refractivity contribution in [1.29, 1.82) is 0 Å². The number of carbonyl (C=O) groups excluding carboxylic acids is 2. The standard InChI is InChI=1S/C16H18F2O4/c1-4-21-15(19)13(16(20)22-5-2)8-10(3)12-7-6-11(17)9-14(12)18/h6-9,13H,4-5H2,1-3H3. The van der Waals surface area contributed by atoms with Gasteiger partial charge in [-0.2, -0.15) is 0 Å². The number of carbonyl (C=O) groups is 2. The molecule has 22 heavy (non-hydrogen) atoms. The number of allylic oxidation sites excluding steroid dienone is 1. The van der Waals surface area contributed by atoms with E-state index in [1.54, 1.807) is 13.8 Å². The van der Waals surface area contributed by atoms with Crippen LogP contribution in [0.15, 0.2) is 24.3 Å². The zero-order chi connectivity index (χ0) is 16.7. The van der Waals surface area contributed by atoms with E-state index in [1.807, 2.05) is 0 Å². The number of ether oxygens (including phenoxy) is 2. The van der Waals surface area contributed by atoms with Crippen LogP contribution in [0.1, 0.15) is 26.3 Å². The van der Waals surface area contributed by atoms with Gasteiger partial charge in [-0.15, -0.1) is 0 Å². The molecule has 0 amide bonds. The van der Waals surface area contributed by atoms with Crippen molar-refractivity contribution in [2.75, 3.05) is 13.2 Å². The largest absolute Gasteiger partial charge is 0.465 e. The van der Waals surface area contributed by atoms with Gasteiger partial charge < -0.3 is 9.47 Å². The van der Waals surface area contributed by atoms with E-state index < -0.39 is 29.5 Å². The molecule has 0 N–H and O–H groups in total. The third-order valence-corrected chi connectivity index (χ3v) is 2.85. The Hall–Kier alpha value is -2.24. The van der Waals surface area contributed by atoms with Crippen LogP contribution in [-0.4, -0.2) is 25.2 Å². The van der Waals surface area contributed by atoms with Crippen LogP contribution in [0.25, 0.3) is 5.57 Å². The molecule has 0 fully saturated rings. The first-order chi connectivity index (χ1) is 10.4. The van der Waals surface area contributed by atoms with Gasteiger partial charge in [-0.05, 0) is 38.5 Å². The van der Waals surface area contributed by atoms with Gasteiger partial charge in [-0.3, -0.25) is 9.59 Å². The molecule has 0 spiro atoms. The molecule has 0 radical (unpaired) electrons. The fraction of sp³-hybridized carbons (Fsp3) is 0.375. The molecule has 1 rings (SSSR count). The maximum Gasteiger partial charge on any atom is 0.324 e. The van der Waals surface area contributed by atoms with Crippen molar-refractivity contribution in [3.8, 4) is 0 Å². The van der Waals surface area contributed by atoms with E-state index >= 15 is 0 Å². The molecule has 0 heterocycles. The molecule has 1 aromatic carbocycles. The van der Waals surface area contributed by atoms with Gasteiger partial charge in [0.1, 0.15) is 11.6 Å². The van der Waals surface area contributed by atoms with Gasteiger partial charge >= 0.3 is 11.9 Å². The number of hydrogen-bond acceptors (Lipinski definition) is 4. The van der Waals surface area contributed by atoms with Crippen molar-refractivity contribution in [3.63, 3.8) is 0 Å². The van der Waals surface area contributed by atoms with Crippen LogP contribution in [0, 0.1) is 17.6 Å². The second-order valence-electron chi connectivity index (χ2n) is 4.46. The quantitative estimate of drug-likeness (QED) is 0.598. The first-order valence-corrected chi connectivity index (χ1v) is 6.87. The summed E-state index contributed by atoms with van der Waals surface area (Å²) in [4.78, 5) is 23.7. The van der Waals surface area contributed by atoms with Crippen LogP contribution in [0.4, 0.5) is 8.78 Å². The average molecular weight is 312 g/mol. The molecule has 1 aromatic rings. The third kappa shape index (κ3) is 4.65. The van der Waals surface area contributed by atoms with Crippen molar-refractivity contribution in [1.82, 2.24) is 0 Å². The van der Waals surface area contributed by atoms with Gasteiger partial charge in [0.25, 0.3) is 0 Å². The van der Waals surface area contributed by atoms with Crippen LogP contribution in [0.2, 0.25) is 0 Å². The summed E-state index contributed by atoms with van der Waals surface area (Å²) in [6.07, 6.45) is 1.26. The van der Waals surface area contributed by atoms with Crippen molar-refractivity contribution in [2.45, 2.75) is 20.8 Å². The molecule has 0 unspecified atom stereocenters. The fourth-order valence-corrected chi connectivity index (χ4v) is 1.85. The summed E-state index contributed by atoms with van der Waals surface area (Å²) < 4.78 is 36.3. The van der Waals surface area contributed by atoms with Crippen LogP contribution in [-0.2, 0) is 19.1 Å². The molecular formula is C16H18F2O4. The first kappa shape index (κ1) is 17.8. The van der Waals surface area contributed by atoms with Crippen molar-refractivity contribution in [2.24, 2.45) is 5.92 Å². The number of halogens is 2. The van der Waals surface area contributed by atoms with Crippen LogP contribution >= 0.6 is 0 Å². The Kier molecular flexibility index (Phi) is 6.69. The van der Waals surface area contributed by atoms with Gasteiger partial charge in [0, 0.05) is 11.6 Å². The van der Waals surface area contributed by atoms with Crippen LogP contribution < -0.4 is 0 Å². The SMILES string of the molecule is CCOC(=O)C(C=C(C)c1ccc(F)cc1F)C(=O)OCC. The van der Waals surface area contributed by atoms with E-state index in [4.69, 9.17) is 9.47 Å². The summed E-state index contributed by atoms with van der Waals surface area (Å²) in [6.45, 7) is 4.94. The molecule has 0 bridgehead atoms. The highest BCUT2D eigenvalue weighted by Gasteiger charge is 2.27. The minimum absolute atomic E-state index is 0.0972. The molecule has 0 aliphatic rings. The average Bonchev–Trinajstić information content (AvgIpc) is 2.44. The maximum absolute atomic E-state index is 13.7. The lowest BCUT2D eigenvalue weighted by atomic mass is 10.0. The van der Waals surface area contributed by atoms with E-state index in [2.05, 4.69) is 0 Å². The zero-order valence-electron chi connectivity index (χ0n) is 12.7. The van der Waals surface area contributed by atoms with E-state index in [0.717, 1.165) is 12.1 Å². The second-order valence-corrected chi connectivity index (χ2v) is 4.46. The Bertz CT molecular complexity index is 564. The molecule has 0 aliphatic carbocycles. The first-order valence-electron chi connectivity index (χ1n) is 6.87. The molecule has 0 atom stereocenters. The molecular weight excluding hydrogens is 294 g/mol. The minimum Gasteiger partial charge on any atom is -0.465 e. The lowest BCUT2D eigenvalue weighted by Crippen LogP contribution is -2.26. The maximum atomic E-state index is 13.7. The van der Waals surface area contributed by atoms with E-state index in [-0.39, 0.29) is 18.8 Å². The smallest absolute Gasteiger partial charge is 0.324 e. The highest BCUT2D eigenvalue weighted by Crippen LogP contribution is 2.21. The van der Waals surface area contributed by atoms with Gasteiger partial charge in [-0.1, -0.05) is 6.08 Å². The summed E-state index contributed by atoms with van der Waals surface area (Å²) in [7, 11) is 0. The summed E-state index contributed by atoms with van der Waals surface area (Å²) in [5.74, 6) is -4.32. The van der Waals surface area contributed by atoms with E-state index in [9.17, 15) is 18.4 Å². The predicted molar refractivity (Wildman–Crippen MR) is 76.8 cm³/mol. The topological polar surface area (TPSA) is 52.6 Å². The Morgan fingerprint density at radius 2 is 1.68 bits per heavy atom. The number of hydrogen-bond donors (Lipinski definition) is 0. The van der Waals surface area contributed by atoms with E-state index in [0.29, 0.717) is 5.57 Å². The second kappa shape index (κ2) is 8.26. The highest BCUT2D eigenvalue weighted by molar-refractivity contribution is 5.98. The Morgan fingerprint density at radius 3 is 2.14 bits per heavy atom. The van der Waals surface area contributed by atoms with Crippen LogP contribution in [0.3, 0.4) is 0 Å². The Morgan fingerprint density at radius 1 is 1.14 bits per heavy atom. The number of rotatable bonds is 6. The minimum atomic E-state index is -1.29. The summed E-state index contributed by atoms with van der Waals surface area (Å²) in [5, 5.41) is 0. The summed E-state index contributed by atoms with van der Waals surface area (Å²) >= 11 is 0. The predicted octanol–water partition coefficient (Wildman–Crippen LogP) is 3.11. The van der Waals surface area contributed by atoms with E-state index in [1.165, 1.54) is 19.1 Å². The third-order valence-electron chi connectivity index (χ3n) is 2.85. The molecule has 4 nitrogen and oxygen atoms in total. The van der Waals surface area contributed by atoms with Crippen molar-refractivity contribution < 1.29 is 27.8 Å². The number of benzene rings is 1. The number of esters is 2. The molecule has 0 aliphatic heterocycles. The lowest BCUT2D eigenvalue weighted by Gasteiger charge is -2.12. The van der Waals surface area contributed by atoms with Gasteiger partial charge in [0.2, 0.25) is 0 Å². The fourth-order valence-electron chi connectivity index (χ4n) is 1.85. The summed E-state index contributed by atoms with van der Waals surface area (Å²) in [5.41, 5.74) is 0.406. The van der Waals surface area contributed by atoms with Crippen molar-refractivity contribution in [3.05, 3.63) is 41.5 Å². The van der Waals surface area contributed by atoms with Crippen LogP contribution in [0.5, 0.6) is 0 Å². The Balaban J connectivity index is 3.13. The normalized spacial score (nSPS) is 11.5. The highest BCUT2D eigenvalue weighted by atomic mass is 19.1.